The molecule has 0 spiro atoms. The highest BCUT2D eigenvalue weighted by Gasteiger charge is 2.09. The molecule has 1 N–H and O–H groups in total. The lowest BCUT2D eigenvalue weighted by molar-refractivity contribution is 0.355. The van der Waals surface area contributed by atoms with Crippen molar-refractivity contribution >= 4 is 17.7 Å². The molecule has 0 heterocycles. The maximum atomic E-state index is 6.07. The van der Waals surface area contributed by atoms with E-state index in [2.05, 4.69) is 5.32 Å². The van der Waals surface area contributed by atoms with E-state index in [1.54, 1.807) is 14.2 Å². The van der Waals surface area contributed by atoms with Crippen LogP contribution in [0, 0.1) is 0 Å². The molecule has 16 heavy (non-hydrogen) atoms. The predicted octanol–water partition coefficient (Wildman–Crippen LogP) is 2.59. The van der Waals surface area contributed by atoms with Crippen molar-refractivity contribution in [1.82, 2.24) is 5.32 Å². The molecule has 0 radical (unpaired) electrons. The molecule has 3 nitrogen and oxygen atoms in total. The first-order valence-electron chi connectivity index (χ1n) is 4.95. The Hall–Kier alpha value is -1.19. The SMILES string of the molecule is CNCC=Cc1cc(Cl)c(OC)c(OC)c1. The van der Waals surface area contributed by atoms with Gasteiger partial charge < -0.3 is 14.8 Å². The van der Waals surface area contributed by atoms with E-state index in [-0.39, 0.29) is 0 Å². The summed E-state index contributed by atoms with van der Waals surface area (Å²) in [6.45, 7) is 0.811. The number of nitrogens with one attached hydrogen (secondary N) is 1. The van der Waals surface area contributed by atoms with Crippen molar-refractivity contribution in [2.45, 2.75) is 0 Å². The Kier molecular flexibility index (Phi) is 5.15. The molecule has 0 aliphatic carbocycles. The molecule has 1 rings (SSSR count). The van der Waals surface area contributed by atoms with Crippen molar-refractivity contribution in [3.8, 4) is 11.5 Å². The maximum absolute atomic E-state index is 6.07. The summed E-state index contributed by atoms with van der Waals surface area (Å²) < 4.78 is 10.4. The van der Waals surface area contributed by atoms with E-state index in [1.165, 1.54) is 0 Å². The molecule has 0 fully saturated rings. The topological polar surface area (TPSA) is 30.5 Å². The van der Waals surface area contributed by atoms with E-state index in [0.717, 1.165) is 12.1 Å². The Morgan fingerprint density at radius 3 is 2.62 bits per heavy atom. The van der Waals surface area contributed by atoms with E-state index in [0.29, 0.717) is 16.5 Å². The van der Waals surface area contributed by atoms with Gasteiger partial charge in [0.05, 0.1) is 19.2 Å². The van der Waals surface area contributed by atoms with E-state index >= 15 is 0 Å². The molecule has 0 bridgehead atoms. The number of hydrogen-bond acceptors (Lipinski definition) is 3. The molecule has 0 unspecified atom stereocenters. The molecule has 0 saturated heterocycles. The minimum atomic E-state index is 0.547. The van der Waals surface area contributed by atoms with Gasteiger partial charge in [-0.25, -0.2) is 0 Å². The van der Waals surface area contributed by atoms with E-state index in [1.807, 2.05) is 31.3 Å². The molecule has 4 heteroatoms. The number of likely N-dealkylation sites (N-methyl/N-ethyl adjacent to an activating group) is 1. The zero-order valence-electron chi connectivity index (χ0n) is 9.71. The molecule has 1 aromatic rings. The smallest absolute Gasteiger partial charge is 0.179 e. The quantitative estimate of drug-likeness (QED) is 0.860. The summed E-state index contributed by atoms with van der Waals surface area (Å²) in [7, 11) is 5.06. The summed E-state index contributed by atoms with van der Waals surface area (Å²) >= 11 is 6.07. The average molecular weight is 242 g/mol. The van der Waals surface area contributed by atoms with Crippen LogP contribution in [0.3, 0.4) is 0 Å². The van der Waals surface area contributed by atoms with E-state index in [9.17, 15) is 0 Å². The first kappa shape index (κ1) is 12.9. The lowest BCUT2D eigenvalue weighted by Gasteiger charge is -2.10. The number of benzene rings is 1. The molecule has 0 saturated carbocycles. The molecule has 0 amide bonds. The second-order valence-electron chi connectivity index (χ2n) is 3.20. The Balaban J connectivity index is 3.01. The minimum Gasteiger partial charge on any atom is -0.493 e. The summed E-state index contributed by atoms with van der Waals surface area (Å²) in [6, 6.07) is 3.73. The standard InChI is InChI=1S/C12H16ClNO2/c1-14-6-4-5-9-7-10(13)12(16-3)11(8-9)15-2/h4-5,7-8,14H,6H2,1-3H3. The molecule has 88 valence electrons. The summed E-state index contributed by atoms with van der Waals surface area (Å²) in [5, 5.41) is 3.58. The van der Waals surface area contributed by atoms with Gasteiger partial charge in [-0.2, -0.15) is 0 Å². The van der Waals surface area contributed by atoms with Gasteiger partial charge in [-0.05, 0) is 24.7 Å². The highest BCUT2D eigenvalue weighted by molar-refractivity contribution is 6.32. The lowest BCUT2D eigenvalue weighted by Crippen LogP contribution is -2.03. The van der Waals surface area contributed by atoms with Crippen LogP contribution in [0.4, 0.5) is 0 Å². The predicted molar refractivity (Wildman–Crippen MR) is 67.5 cm³/mol. The summed E-state index contributed by atoms with van der Waals surface area (Å²) in [4.78, 5) is 0. The fraction of sp³-hybridized carbons (Fsp3) is 0.333. The Bertz CT molecular complexity index is 378. The van der Waals surface area contributed by atoms with Crippen LogP contribution in [0.15, 0.2) is 18.2 Å². The first-order chi connectivity index (χ1) is 7.72. The molecule has 0 aliphatic heterocycles. The maximum Gasteiger partial charge on any atom is 0.179 e. The monoisotopic (exact) mass is 241 g/mol. The van der Waals surface area contributed by atoms with E-state index in [4.69, 9.17) is 21.1 Å². The number of halogens is 1. The highest BCUT2D eigenvalue weighted by atomic mass is 35.5. The van der Waals surface area contributed by atoms with Crippen molar-refractivity contribution in [3.63, 3.8) is 0 Å². The van der Waals surface area contributed by atoms with Gasteiger partial charge in [-0.3, -0.25) is 0 Å². The van der Waals surface area contributed by atoms with Crippen LogP contribution in [-0.2, 0) is 0 Å². The van der Waals surface area contributed by atoms with Crippen molar-refractivity contribution in [1.29, 1.82) is 0 Å². The van der Waals surface area contributed by atoms with Crippen LogP contribution in [0.1, 0.15) is 5.56 Å². The number of methoxy groups -OCH3 is 2. The Morgan fingerprint density at radius 1 is 1.31 bits per heavy atom. The average Bonchev–Trinajstić information content (AvgIpc) is 2.28. The van der Waals surface area contributed by atoms with Gasteiger partial charge >= 0.3 is 0 Å². The van der Waals surface area contributed by atoms with Gasteiger partial charge in [-0.15, -0.1) is 0 Å². The lowest BCUT2D eigenvalue weighted by atomic mass is 10.2. The summed E-state index contributed by atoms with van der Waals surface area (Å²) in [6.07, 6.45) is 3.99. The molecule has 0 atom stereocenters. The zero-order valence-corrected chi connectivity index (χ0v) is 10.5. The Labute approximate surface area is 101 Å². The summed E-state index contributed by atoms with van der Waals surface area (Å²) in [5.74, 6) is 1.20. The normalized spacial score (nSPS) is 10.8. The second kappa shape index (κ2) is 6.40. The van der Waals surface area contributed by atoms with Crippen LogP contribution in [0.2, 0.25) is 5.02 Å². The number of ether oxygens (including phenoxy) is 2. The van der Waals surface area contributed by atoms with Crippen molar-refractivity contribution in [3.05, 3.63) is 28.8 Å². The molecule has 0 aliphatic rings. The van der Waals surface area contributed by atoms with Gasteiger partial charge in [0.2, 0.25) is 0 Å². The van der Waals surface area contributed by atoms with Crippen LogP contribution >= 0.6 is 11.6 Å². The van der Waals surface area contributed by atoms with Gasteiger partial charge in [0, 0.05) is 6.54 Å². The molecular formula is C12H16ClNO2. The van der Waals surface area contributed by atoms with Crippen molar-refractivity contribution in [2.75, 3.05) is 27.8 Å². The van der Waals surface area contributed by atoms with Crippen LogP contribution in [-0.4, -0.2) is 27.8 Å². The fourth-order valence-electron chi connectivity index (χ4n) is 1.35. The van der Waals surface area contributed by atoms with Gasteiger partial charge in [-0.1, -0.05) is 23.8 Å². The minimum absolute atomic E-state index is 0.547. The van der Waals surface area contributed by atoms with Crippen molar-refractivity contribution < 1.29 is 9.47 Å². The molecular weight excluding hydrogens is 226 g/mol. The van der Waals surface area contributed by atoms with Gasteiger partial charge in [0.1, 0.15) is 0 Å². The highest BCUT2D eigenvalue weighted by Crippen LogP contribution is 2.36. The summed E-state index contributed by atoms with van der Waals surface area (Å²) in [5.41, 5.74) is 0.984. The molecule has 1 aromatic carbocycles. The number of rotatable bonds is 5. The van der Waals surface area contributed by atoms with Crippen LogP contribution in [0.25, 0.3) is 6.08 Å². The number of hydrogen-bond donors (Lipinski definition) is 1. The van der Waals surface area contributed by atoms with E-state index < -0.39 is 0 Å². The van der Waals surface area contributed by atoms with Crippen molar-refractivity contribution in [2.24, 2.45) is 0 Å². The first-order valence-corrected chi connectivity index (χ1v) is 5.33. The third-order valence-electron chi connectivity index (χ3n) is 2.09. The third-order valence-corrected chi connectivity index (χ3v) is 2.37. The second-order valence-corrected chi connectivity index (χ2v) is 3.61. The Morgan fingerprint density at radius 2 is 2.06 bits per heavy atom. The van der Waals surface area contributed by atoms with Gasteiger partial charge in [0.25, 0.3) is 0 Å². The van der Waals surface area contributed by atoms with Gasteiger partial charge in [0.15, 0.2) is 11.5 Å². The largest absolute Gasteiger partial charge is 0.493 e. The fourth-order valence-corrected chi connectivity index (χ4v) is 1.64. The van der Waals surface area contributed by atoms with Crippen LogP contribution in [0.5, 0.6) is 11.5 Å². The zero-order chi connectivity index (χ0) is 12.0. The molecule has 0 aromatic heterocycles. The third kappa shape index (κ3) is 3.15. The van der Waals surface area contributed by atoms with Crippen LogP contribution < -0.4 is 14.8 Å².